The zero-order valence-corrected chi connectivity index (χ0v) is 12.1. The van der Waals surface area contributed by atoms with Gasteiger partial charge in [-0.3, -0.25) is 10.1 Å². The van der Waals surface area contributed by atoms with E-state index in [2.05, 4.69) is 26.1 Å². The number of hydrogen-bond donors (Lipinski definition) is 1. The van der Waals surface area contributed by atoms with Gasteiger partial charge in [0.1, 0.15) is 0 Å². The molecule has 1 N–H and O–H groups in total. The maximum Gasteiger partial charge on any atom is 0.243 e. The third-order valence-corrected chi connectivity index (χ3v) is 4.49. The number of hydrogen-bond acceptors (Lipinski definition) is 3. The van der Waals surface area contributed by atoms with Gasteiger partial charge in [-0.15, -0.1) is 0 Å². The van der Waals surface area contributed by atoms with Gasteiger partial charge in [0.25, 0.3) is 0 Å². The van der Waals surface area contributed by atoms with Crippen molar-refractivity contribution in [3.8, 4) is 0 Å². The molecule has 2 heterocycles. The fourth-order valence-corrected chi connectivity index (χ4v) is 3.05. The Labute approximate surface area is 110 Å². The van der Waals surface area contributed by atoms with Crippen molar-refractivity contribution in [1.82, 2.24) is 10.2 Å². The predicted molar refractivity (Wildman–Crippen MR) is 71.2 cm³/mol. The second-order valence-corrected chi connectivity index (χ2v) is 6.09. The van der Waals surface area contributed by atoms with Crippen LogP contribution in [0.3, 0.4) is 0 Å². The topological polar surface area (TPSA) is 41.6 Å². The van der Waals surface area contributed by atoms with E-state index in [1.807, 2.05) is 11.8 Å². The lowest BCUT2D eigenvalue weighted by Gasteiger charge is -2.32. The number of nitrogens with one attached hydrogen (secondary N) is 1. The number of amides is 1. The summed E-state index contributed by atoms with van der Waals surface area (Å²) >= 11 is 0. The molecule has 0 aromatic rings. The largest absolute Gasteiger partial charge is 0.373 e. The molecule has 0 aromatic carbocycles. The maximum absolute atomic E-state index is 12.6. The summed E-state index contributed by atoms with van der Waals surface area (Å²) in [5.74, 6) is 0.230. The normalized spacial score (nSPS) is 40.8. The molecule has 2 rings (SSSR count). The Morgan fingerprint density at radius 3 is 2.67 bits per heavy atom. The Morgan fingerprint density at radius 2 is 2.17 bits per heavy atom. The molecular weight excluding hydrogens is 228 g/mol. The van der Waals surface area contributed by atoms with E-state index >= 15 is 0 Å². The van der Waals surface area contributed by atoms with E-state index in [-0.39, 0.29) is 17.7 Å². The monoisotopic (exact) mass is 254 g/mol. The number of rotatable bonds is 4. The summed E-state index contributed by atoms with van der Waals surface area (Å²) < 4.78 is 5.82. The molecule has 3 unspecified atom stereocenters. The van der Waals surface area contributed by atoms with E-state index < -0.39 is 5.54 Å². The van der Waals surface area contributed by atoms with Gasteiger partial charge < -0.3 is 9.64 Å². The van der Waals surface area contributed by atoms with Crippen molar-refractivity contribution in [3.05, 3.63) is 0 Å². The van der Waals surface area contributed by atoms with E-state index in [4.69, 9.17) is 4.74 Å². The van der Waals surface area contributed by atoms with Crippen molar-refractivity contribution in [1.29, 1.82) is 0 Å². The van der Waals surface area contributed by atoms with Crippen molar-refractivity contribution in [2.45, 2.75) is 70.7 Å². The van der Waals surface area contributed by atoms with Crippen molar-refractivity contribution in [2.24, 2.45) is 0 Å². The molecular formula is C14H26N2O2. The lowest BCUT2D eigenvalue weighted by Crippen LogP contribution is -2.47. The van der Waals surface area contributed by atoms with E-state index in [0.29, 0.717) is 6.54 Å². The Hall–Kier alpha value is -0.610. The number of nitrogens with zero attached hydrogens (tertiary/aromatic N) is 1. The standard InChI is InChI=1S/C14H26N2O2/c1-5-11-15-14(4,6-2)12(17)16(11)10-13(3)8-7-9-18-13/h11,15H,5-10H2,1-4H3. The van der Waals surface area contributed by atoms with Gasteiger partial charge >= 0.3 is 0 Å². The molecule has 2 saturated heterocycles. The summed E-state index contributed by atoms with van der Waals surface area (Å²) in [6.45, 7) is 9.87. The van der Waals surface area contributed by atoms with Gasteiger partial charge in [0.05, 0.1) is 23.9 Å². The van der Waals surface area contributed by atoms with Gasteiger partial charge in [-0.2, -0.15) is 0 Å². The van der Waals surface area contributed by atoms with Crippen LogP contribution < -0.4 is 5.32 Å². The van der Waals surface area contributed by atoms with E-state index in [1.54, 1.807) is 0 Å². The molecule has 18 heavy (non-hydrogen) atoms. The average Bonchev–Trinajstić information content (AvgIpc) is 2.88. The third kappa shape index (κ3) is 2.28. The number of ether oxygens (including phenoxy) is 1. The first-order valence-corrected chi connectivity index (χ1v) is 7.17. The minimum absolute atomic E-state index is 0.149. The van der Waals surface area contributed by atoms with Crippen LogP contribution in [0, 0.1) is 0 Å². The Balaban J connectivity index is 2.13. The molecule has 0 spiro atoms. The molecule has 3 atom stereocenters. The Bertz CT molecular complexity index is 326. The van der Waals surface area contributed by atoms with E-state index in [1.165, 1.54) is 0 Å². The van der Waals surface area contributed by atoms with Crippen LogP contribution >= 0.6 is 0 Å². The molecule has 1 amide bonds. The first kappa shape index (κ1) is 13.8. The van der Waals surface area contributed by atoms with Crippen molar-refractivity contribution in [2.75, 3.05) is 13.2 Å². The molecule has 2 aliphatic rings. The highest BCUT2D eigenvalue weighted by Crippen LogP contribution is 2.31. The van der Waals surface area contributed by atoms with Crippen LogP contribution in [0.25, 0.3) is 0 Å². The first-order valence-electron chi connectivity index (χ1n) is 7.17. The highest BCUT2D eigenvalue weighted by molar-refractivity contribution is 5.88. The van der Waals surface area contributed by atoms with Gasteiger partial charge in [0.2, 0.25) is 5.91 Å². The second kappa shape index (κ2) is 4.82. The molecule has 0 bridgehead atoms. The van der Waals surface area contributed by atoms with Gasteiger partial charge in [-0.1, -0.05) is 13.8 Å². The molecule has 2 fully saturated rings. The van der Waals surface area contributed by atoms with Crippen LogP contribution in [-0.2, 0) is 9.53 Å². The summed E-state index contributed by atoms with van der Waals surface area (Å²) in [7, 11) is 0. The highest BCUT2D eigenvalue weighted by Gasteiger charge is 2.48. The predicted octanol–water partition coefficient (Wildman–Crippen LogP) is 1.89. The molecule has 4 nitrogen and oxygen atoms in total. The lowest BCUT2D eigenvalue weighted by atomic mass is 9.98. The summed E-state index contributed by atoms with van der Waals surface area (Å²) in [6, 6.07) is 0. The molecule has 0 aromatic heterocycles. The molecule has 0 saturated carbocycles. The SMILES string of the molecule is CCC1NC(C)(CC)C(=O)N1CC1(C)CCCO1. The fraction of sp³-hybridized carbons (Fsp3) is 0.929. The van der Waals surface area contributed by atoms with E-state index in [9.17, 15) is 4.79 Å². The Kier molecular flexibility index (Phi) is 3.70. The molecule has 104 valence electrons. The summed E-state index contributed by atoms with van der Waals surface area (Å²) in [5, 5.41) is 3.48. The first-order chi connectivity index (χ1) is 8.44. The van der Waals surface area contributed by atoms with Gasteiger partial charge in [0.15, 0.2) is 0 Å². The molecule has 4 heteroatoms. The summed E-state index contributed by atoms with van der Waals surface area (Å²) in [6.07, 6.45) is 4.08. The molecule has 2 aliphatic heterocycles. The van der Waals surface area contributed by atoms with Crippen LogP contribution in [-0.4, -0.2) is 41.3 Å². The fourth-order valence-electron chi connectivity index (χ4n) is 3.05. The zero-order valence-electron chi connectivity index (χ0n) is 12.1. The van der Waals surface area contributed by atoms with Crippen LogP contribution in [0.4, 0.5) is 0 Å². The molecule has 0 radical (unpaired) electrons. The van der Waals surface area contributed by atoms with Gasteiger partial charge in [0, 0.05) is 6.61 Å². The summed E-state index contributed by atoms with van der Waals surface area (Å²) in [5.41, 5.74) is -0.542. The number of carbonyl (C=O) groups is 1. The van der Waals surface area contributed by atoms with Crippen molar-refractivity contribution >= 4 is 5.91 Å². The Morgan fingerprint density at radius 1 is 1.44 bits per heavy atom. The summed E-state index contributed by atoms with van der Waals surface area (Å²) in [4.78, 5) is 14.6. The van der Waals surface area contributed by atoms with Crippen LogP contribution in [0.1, 0.15) is 53.4 Å². The van der Waals surface area contributed by atoms with Crippen LogP contribution in [0.2, 0.25) is 0 Å². The lowest BCUT2D eigenvalue weighted by molar-refractivity contribution is -0.136. The molecule has 0 aliphatic carbocycles. The van der Waals surface area contributed by atoms with E-state index in [0.717, 1.165) is 32.3 Å². The average molecular weight is 254 g/mol. The van der Waals surface area contributed by atoms with Crippen molar-refractivity contribution < 1.29 is 9.53 Å². The van der Waals surface area contributed by atoms with Crippen LogP contribution in [0.5, 0.6) is 0 Å². The smallest absolute Gasteiger partial charge is 0.243 e. The minimum Gasteiger partial charge on any atom is -0.373 e. The highest BCUT2D eigenvalue weighted by atomic mass is 16.5. The maximum atomic E-state index is 12.6. The van der Waals surface area contributed by atoms with Crippen LogP contribution in [0.15, 0.2) is 0 Å². The zero-order chi connectivity index (χ0) is 13.4. The second-order valence-electron chi connectivity index (χ2n) is 6.09. The number of carbonyl (C=O) groups excluding carboxylic acids is 1. The van der Waals surface area contributed by atoms with Crippen molar-refractivity contribution in [3.63, 3.8) is 0 Å². The van der Waals surface area contributed by atoms with Gasteiger partial charge in [-0.05, 0) is 39.5 Å². The minimum atomic E-state index is -0.393. The third-order valence-electron chi connectivity index (χ3n) is 4.49. The quantitative estimate of drug-likeness (QED) is 0.833. The van der Waals surface area contributed by atoms with Gasteiger partial charge in [-0.25, -0.2) is 0 Å².